The number of carbonyl (C=O) groups is 2. The molecule has 46 heavy (non-hydrogen) atoms. The molecule has 1 spiro atoms. The van der Waals surface area contributed by atoms with Crippen LogP contribution in [-0.2, 0) is 26.4 Å². The number of nitro benzene ring substituents is 1. The van der Waals surface area contributed by atoms with E-state index in [4.69, 9.17) is 32.7 Å². The summed E-state index contributed by atoms with van der Waals surface area (Å²) in [6.07, 6.45) is 0.729. The first-order chi connectivity index (χ1) is 22.1. The van der Waals surface area contributed by atoms with Crippen molar-refractivity contribution in [2.45, 2.75) is 36.5 Å². The van der Waals surface area contributed by atoms with Gasteiger partial charge in [-0.1, -0.05) is 47.5 Å². The van der Waals surface area contributed by atoms with Gasteiger partial charge in [0.05, 0.1) is 41.9 Å². The van der Waals surface area contributed by atoms with Gasteiger partial charge in [-0.3, -0.25) is 19.8 Å². The summed E-state index contributed by atoms with van der Waals surface area (Å²) in [7, 11) is 1.18. The Morgan fingerprint density at radius 3 is 2.76 bits per heavy atom. The molecule has 3 N–H and O–H groups in total. The van der Waals surface area contributed by atoms with E-state index in [-0.39, 0.29) is 39.9 Å². The van der Waals surface area contributed by atoms with Crippen molar-refractivity contribution in [2.75, 3.05) is 38.8 Å². The van der Waals surface area contributed by atoms with Gasteiger partial charge >= 0.3 is 5.97 Å². The lowest BCUT2D eigenvalue weighted by atomic mass is 9.73. The Kier molecular flexibility index (Phi) is 9.03. The maximum atomic E-state index is 16.1. The average Bonchev–Trinajstić information content (AvgIpc) is 3.73. The number of ether oxygens (including phenoxy) is 2. The molecule has 3 aliphatic heterocycles. The van der Waals surface area contributed by atoms with E-state index in [2.05, 4.69) is 10.6 Å². The molecule has 0 bridgehead atoms. The van der Waals surface area contributed by atoms with Crippen LogP contribution in [-0.4, -0.2) is 72.4 Å². The lowest BCUT2D eigenvalue weighted by molar-refractivity contribution is -0.385. The lowest BCUT2D eigenvalue weighted by Crippen LogP contribution is -2.54. The van der Waals surface area contributed by atoms with Gasteiger partial charge in [-0.25, -0.2) is 9.18 Å². The number of nitrogens with zero attached hydrogens (tertiary/aromatic N) is 2. The van der Waals surface area contributed by atoms with Crippen LogP contribution in [0.3, 0.4) is 0 Å². The summed E-state index contributed by atoms with van der Waals surface area (Å²) in [5, 5.41) is 29.6. The monoisotopic (exact) mass is 672 g/mol. The molecule has 2 fully saturated rings. The van der Waals surface area contributed by atoms with Crippen LogP contribution in [0.1, 0.15) is 39.4 Å². The first-order valence-corrected chi connectivity index (χ1v) is 15.5. The van der Waals surface area contributed by atoms with E-state index in [0.717, 1.165) is 12.5 Å². The molecule has 0 radical (unpaired) electrons. The van der Waals surface area contributed by atoms with E-state index in [0.29, 0.717) is 36.0 Å². The molecule has 3 aliphatic rings. The van der Waals surface area contributed by atoms with Crippen molar-refractivity contribution >= 4 is 46.5 Å². The molecule has 14 heteroatoms. The number of carbonyl (C=O) groups excluding carboxylic acids is 2. The minimum atomic E-state index is -1.53. The number of amides is 1. The Balaban J connectivity index is 1.52. The van der Waals surface area contributed by atoms with Gasteiger partial charge in [-0.15, -0.1) is 0 Å². The number of methoxy groups -OCH3 is 1. The third kappa shape index (κ3) is 5.32. The van der Waals surface area contributed by atoms with Gasteiger partial charge in [0.15, 0.2) is 0 Å². The predicted molar refractivity (Wildman–Crippen MR) is 167 cm³/mol. The highest BCUT2D eigenvalue weighted by Gasteiger charge is 2.67. The standard InChI is InChI=1S/C32H31Cl2FN4O7/c1-45-30(41)18-5-6-19(25(11-18)39(43)44)13-36-29-26(15-40)38(14-17-9-10-46-16-17)32(27(29)21-3-2-4-23(34)28(21)35)22-8-7-20(33)12-24(22)37-31(32)42/h2-8,11-12,17,26-27,29,36,40H,9-10,13-16H2,1H3,(H,37,42)/t17?,26-,27-,29+,32+/m0/s1. The number of aliphatic hydroxyl groups is 1. The quantitative estimate of drug-likeness (QED) is 0.168. The summed E-state index contributed by atoms with van der Waals surface area (Å²) >= 11 is 12.6. The van der Waals surface area contributed by atoms with E-state index in [9.17, 15) is 24.8 Å². The SMILES string of the molecule is COC(=O)c1ccc(CN[C@@H]2[C@H](CO)N(CC3CCOC3)[C@@]3(C(=O)Nc4cc(Cl)ccc43)[C@H]2c2cccc(Cl)c2F)c([N+](=O)[O-])c1. The predicted octanol–water partition coefficient (Wildman–Crippen LogP) is 4.63. The van der Waals surface area contributed by atoms with Crippen molar-refractivity contribution in [3.63, 3.8) is 0 Å². The van der Waals surface area contributed by atoms with E-state index in [1.54, 1.807) is 30.3 Å². The minimum Gasteiger partial charge on any atom is -0.465 e. The zero-order valence-electron chi connectivity index (χ0n) is 24.7. The van der Waals surface area contributed by atoms with Gasteiger partial charge in [-0.2, -0.15) is 0 Å². The van der Waals surface area contributed by atoms with Gasteiger partial charge in [0.25, 0.3) is 5.69 Å². The smallest absolute Gasteiger partial charge is 0.338 e. The summed E-state index contributed by atoms with van der Waals surface area (Å²) in [4.78, 5) is 39.9. The van der Waals surface area contributed by atoms with Crippen LogP contribution in [0.5, 0.6) is 0 Å². The van der Waals surface area contributed by atoms with Crippen LogP contribution in [0.4, 0.5) is 15.8 Å². The highest BCUT2D eigenvalue weighted by atomic mass is 35.5. The Morgan fingerprint density at radius 1 is 1.26 bits per heavy atom. The molecule has 6 rings (SSSR count). The molecule has 5 atom stereocenters. The molecule has 3 aromatic rings. The van der Waals surface area contributed by atoms with Crippen LogP contribution in [0, 0.1) is 21.8 Å². The number of aliphatic hydroxyl groups excluding tert-OH is 1. The highest BCUT2D eigenvalue weighted by molar-refractivity contribution is 6.31. The van der Waals surface area contributed by atoms with Crippen molar-refractivity contribution in [2.24, 2.45) is 5.92 Å². The Bertz CT molecular complexity index is 1700. The normalized spacial score (nSPS) is 25.5. The molecule has 1 amide bonds. The number of benzene rings is 3. The van der Waals surface area contributed by atoms with Gasteiger partial charge in [0.1, 0.15) is 11.4 Å². The molecular formula is C32H31Cl2FN4O7. The van der Waals surface area contributed by atoms with E-state index in [1.807, 2.05) is 4.90 Å². The van der Waals surface area contributed by atoms with Crippen LogP contribution < -0.4 is 10.6 Å². The number of nitro groups is 1. The minimum absolute atomic E-state index is 0.00716. The fraction of sp³-hybridized carbons (Fsp3) is 0.375. The Morgan fingerprint density at radius 2 is 2.07 bits per heavy atom. The molecule has 1 unspecified atom stereocenters. The number of hydrogen-bond donors (Lipinski definition) is 3. The number of esters is 1. The van der Waals surface area contributed by atoms with Crippen LogP contribution in [0.15, 0.2) is 54.6 Å². The number of likely N-dealkylation sites (tertiary alicyclic amines) is 1. The largest absolute Gasteiger partial charge is 0.465 e. The molecule has 11 nitrogen and oxygen atoms in total. The molecule has 2 saturated heterocycles. The second kappa shape index (κ2) is 12.9. The third-order valence-electron chi connectivity index (χ3n) is 9.28. The molecule has 3 aromatic carbocycles. The van der Waals surface area contributed by atoms with Gasteiger partial charge < -0.3 is 25.2 Å². The first kappa shape index (κ1) is 32.3. The van der Waals surface area contributed by atoms with Gasteiger partial charge in [0.2, 0.25) is 5.91 Å². The zero-order chi connectivity index (χ0) is 32.7. The number of rotatable bonds is 9. The molecule has 0 aliphatic carbocycles. The van der Waals surface area contributed by atoms with E-state index >= 15 is 4.39 Å². The molecule has 242 valence electrons. The van der Waals surface area contributed by atoms with Crippen LogP contribution in [0.2, 0.25) is 10.0 Å². The molecule has 0 aromatic heterocycles. The van der Waals surface area contributed by atoms with Gasteiger partial charge in [-0.05, 0) is 42.2 Å². The third-order valence-corrected chi connectivity index (χ3v) is 9.80. The summed E-state index contributed by atoms with van der Waals surface area (Å²) in [6.45, 7) is 0.805. The number of fused-ring (bicyclic) bond motifs is 2. The first-order valence-electron chi connectivity index (χ1n) is 14.7. The fourth-order valence-corrected chi connectivity index (χ4v) is 7.64. The lowest BCUT2D eigenvalue weighted by Gasteiger charge is -2.40. The maximum Gasteiger partial charge on any atom is 0.338 e. The summed E-state index contributed by atoms with van der Waals surface area (Å²) in [5.74, 6) is -2.82. The average molecular weight is 674 g/mol. The second-order valence-electron chi connectivity index (χ2n) is 11.7. The van der Waals surface area contributed by atoms with Crippen molar-refractivity contribution < 1.29 is 33.5 Å². The van der Waals surface area contributed by atoms with Crippen molar-refractivity contribution in [3.8, 4) is 0 Å². The summed E-state index contributed by atoms with van der Waals surface area (Å²) in [6, 6.07) is 12.0. The fourth-order valence-electron chi connectivity index (χ4n) is 7.29. The summed E-state index contributed by atoms with van der Waals surface area (Å²) < 4.78 is 26.5. The van der Waals surface area contributed by atoms with Crippen molar-refractivity contribution in [1.29, 1.82) is 0 Å². The Labute approximate surface area is 273 Å². The van der Waals surface area contributed by atoms with E-state index in [1.165, 1.54) is 25.3 Å². The number of anilines is 1. The number of nitrogens with one attached hydrogen (secondary N) is 2. The van der Waals surface area contributed by atoms with Crippen molar-refractivity contribution in [3.05, 3.63) is 103 Å². The topological polar surface area (TPSA) is 143 Å². The van der Waals surface area contributed by atoms with Crippen molar-refractivity contribution in [1.82, 2.24) is 10.2 Å². The number of halogens is 3. The van der Waals surface area contributed by atoms with Gasteiger partial charge in [0, 0.05) is 59.6 Å². The zero-order valence-corrected chi connectivity index (χ0v) is 26.2. The number of hydrogen-bond acceptors (Lipinski definition) is 9. The van der Waals surface area contributed by atoms with Crippen LogP contribution >= 0.6 is 23.2 Å². The Hall–Kier alpha value is -3.65. The van der Waals surface area contributed by atoms with E-state index < -0.39 is 52.8 Å². The maximum absolute atomic E-state index is 16.1. The van der Waals surface area contributed by atoms with Crippen LogP contribution in [0.25, 0.3) is 0 Å². The molecular weight excluding hydrogens is 642 g/mol. The summed E-state index contributed by atoms with van der Waals surface area (Å²) in [5.41, 5.74) is -0.452. The highest BCUT2D eigenvalue weighted by Crippen LogP contribution is 2.58. The molecule has 0 saturated carbocycles. The molecule has 3 heterocycles. The second-order valence-corrected chi connectivity index (χ2v) is 12.5.